The number of nitriles is 1. The summed E-state index contributed by atoms with van der Waals surface area (Å²) >= 11 is 0. The van der Waals surface area contributed by atoms with Crippen LogP contribution in [0.2, 0.25) is 0 Å². The Morgan fingerprint density at radius 2 is 2.28 bits per heavy atom. The van der Waals surface area contributed by atoms with Gasteiger partial charge >= 0.3 is 0 Å². The number of carbonyl (C=O) groups is 2. The molecule has 2 amide bonds. The molecule has 1 saturated heterocycles. The van der Waals surface area contributed by atoms with Crippen molar-refractivity contribution in [2.75, 3.05) is 45.2 Å². The second-order valence-corrected chi connectivity index (χ2v) is 5.73. The Morgan fingerprint density at radius 1 is 1.48 bits per heavy atom. The highest BCUT2D eigenvalue weighted by molar-refractivity contribution is 5.89. The zero-order valence-corrected chi connectivity index (χ0v) is 14.0. The topological polar surface area (TPSA) is 94.5 Å². The standard InChI is InChI=1S/C17H21FN4O3/c1-25-8-7-22-11-12(9-16(22)23)17(24)21-6-5-20-15-4-2-3-14(18)13(15)10-19/h2-4,12,20H,5-9,11H2,1H3,(H,21,24). The van der Waals surface area contributed by atoms with E-state index in [0.717, 1.165) is 0 Å². The molecule has 0 spiro atoms. The summed E-state index contributed by atoms with van der Waals surface area (Å²) in [6.45, 7) is 1.97. The number of halogens is 1. The van der Waals surface area contributed by atoms with E-state index in [1.807, 2.05) is 0 Å². The number of amides is 2. The lowest BCUT2D eigenvalue weighted by molar-refractivity contribution is -0.129. The van der Waals surface area contributed by atoms with Gasteiger partial charge in [0, 0.05) is 39.7 Å². The first-order chi connectivity index (χ1) is 12.1. The summed E-state index contributed by atoms with van der Waals surface area (Å²) in [4.78, 5) is 25.6. The highest BCUT2D eigenvalue weighted by Crippen LogP contribution is 2.18. The lowest BCUT2D eigenvalue weighted by Crippen LogP contribution is -2.36. The molecule has 8 heteroatoms. The minimum absolute atomic E-state index is 0.0475. The van der Waals surface area contributed by atoms with Crippen LogP contribution in [0.1, 0.15) is 12.0 Å². The smallest absolute Gasteiger partial charge is 0.225 e. The fourth-order valence-corrected chi connectivity index (χ4v) is 2.68. The molecule has 0 aromatic heterocycles. The molecule has 1 aromatic carbocycles. The number of benzene rings is 1. The van der Waals surface area contributed by atoms with E-state index in [0.29, 0.717) is 38.5 Å². The molecule has 1 aliphatic rings. The van der Waals surface area contributed by atoms with E-state index in [4.69, 9.17) is 10.00 Å². The van der Waals surface area contributed by atoms with Gasteiger partial charge in [0.15, 0.2) is 0 Å². The number of anilines is 1. The molecule has 1 aromatic rings. The Labute approximate surface area is 145 Å². The number of hydrogen-bond acceptors (Lipinski definition) is 5. The number of carbonyl (C=O) groups excluding carboxylic acids is 2. The van der Waals surface area contributed by atoms with E-state index < -0.39 is 5.82 Å². The van der Waals surface area contributed by atoms with Gasteiger partial charge in [-0.1, -0.05) is 6.07 Å². The summed E-state index contributed by atoms with van der Waals surface area (Å²) < 4.78 is 18.4. The SMILES string of the molecule is COCCN1CC(C(=O)NCCNc2cccc(F)c2C#N)CC1=O. The van der Waals surface area contributed by atoms with Gasteiger partial charge < -0.3 is 20.3 Å². The third-order valence-electron chi connectivity index (χ3n) is 4.02. The number of nitrogens with zero attached hydrogens (tertiary/aromatic N) is 2. The van der Waals surface area contributed by atoms with Gasteiger partial charge in [-0.2, -0.15) is 5.26 Å². The molecule has 0 bridgehead atoms. The van der Waals surface area contributed by atoms with Crippen molar-refractivity contribution < 1.29 is 18.7 Å². The van der Waals surface area contributed by atoms with Gasteiger partial charge in [-0.15, -0.1) is 0 Å². The van der Waals surface area contributed by atoms with E-state index >= 15 is 0 Å². The first-order valence-corrected chi connectivity index (χ1v) is 8.03. The summed E-state index contributed by atoms with van der Waals surface area (Å²) in [6.07, 6.45) is 0.200. The van der Waals surface area contributed by atoms with Crippen LogP contribution in [0, 0.1) is 23.1 Å². The summed E-state index contributed by atoms with van der Waals surface area (Å²) in [5.41, 5.74) is 0.336. The molecule has 1 atom stereocenters. The maximum absolute atomic E-state index is 13.5. The first-order valence-electron chi connectivity index (χ1n) is 8.03. The van der Waals surface area contributed by atoms with Crippen LogP contribution in [0.25, 0.3) is 0 Å². The molecule has 0 saturated carbocycles. The molecule has 0 radical (unpaired) electrons. The molecule has 134 valence electrons. The fourth-order valence-electron chi connectivity index (χ4n) is 2.68. The maximum Gasteiger partial charge on any atom is 0.225 e. The monoisotopic (exact) mass is 348 g/mol. The maximum atomic E-state index is 13.5. The van der Waals surface area contributed by atoms with Crippen LogP contribution in [0.5, 0.6) is 0 Å². The second kappa shape index (κ2) is 8.99. The summed E-state index contributed by atoms with van der Waals surface area (Å²) in [6, 6.07) is 6.14. The predicted octanol–water partition coefficient (Wildman–Crippen LogP) is 0.720. The normalized spacial score (nSPS) is 16.6. The minimum atomic E-state index is -0.586. The van der Waals surface area contributed by atoms with Gasteiger partial charge in [0.1, 0.15) is 17.4 Å². The van der Waals surface area contributed by atoms with Crippen LogP contribution in [-0.4, -0.2) is 56.6 Å². The summed E-state index contributed by atoms with van der Waals surface area (Å²) in [5.74, 6) is -1.19. The van der Waals surface area contributed by atoms with E-state index in [9.17, 15) is 14.0 Å². The Kier molecular flexibility index (Phi) is 6.71. The lowest BCUT2D eigenvalue weighted by atomic mass is 10.1. The van der Waals surface area contributed by atoms with Crippen molar-refractivity contribution in [2.24, 2.45) is 5.92 Å². The van der Waals surface area contributed by atoms with Gasteiger partial charge in [-0.25, -0.2) is 4.39 Å². The quantitative estimate of drug-likeness (QED) is 0.675. The third-order valence-corrected chi connectivity index (χ3v) is 4.02. The second-order valence-electron chi connectivity index (χ2n) is 5.73. The molecule has 2 rings (SSSR count). The average molecular weight is 348 g/mol. The number of rotatable bonds is 8. The predicted molar refractivity (Wildman–Crippen MR) is 89.2 cm³/mol. The molecule has 1 heterocycles. The highest BCUT2D eigenvalue weighted by Gasteiger charge is 2.33. The summed E-state index contributed by atoms with van der Waals surface area (Å²) in [5, 5.41) is 14.6. The molecule has 1 aliphatic heterocycles. The molecule has 0 aliphatic carbocycles. The summed E-state index contributed by atoms with van der Waals surface area (Å²) in [7, 11) is 1.56. The van der Waals surface area contributed by atoms with E-state index in [-0.39, 0.29) is 29.7 Å². The van der Waals surface area contributed by atoms with Crippen LogP contribution in [-0.2, 0) is 14.3 Å². The number of nitrogens with one attached hydrogen (secondary N) is 2. The lowest BCUT2D eigenvalue weighted by Gasteiger charge is -2.16. The van der Waals surface area contributed by atoms with Gasteiger partial charge in [-0.3, -0.25) is 9.59 Å². The van der Waals surface area contributed by atoms with Crippen LogP contribution >= 0.6 is 0 Å². The van der Waals surface area contributed by atoms with Crippen LogP contribution < -0.4 is 10.6 Å². The van der Waals surface area contributed by atoms with E-state index in [1.54, 1.807) is 24.1 Å². The third kappa shape index (κ3) is 4.90. The van der Waals surface area contributed by atoms with Crippen molar-refractivity contribution >= 4 is 17.5 Å². The van der Waals surface area contributed by atoms with Crippen molar-refractivity contribution in [3.63, 3.8) is 0 Å². The van der Waals surface area contributed by atoms with Gasteiger partial charge in [-0.05, 0) is 12.1 Å². The highest BCUT2D eigenvalue weighted by atomic mass is 19.1. The Hall–Kier alpha value is -2.66. The Bertz CT molecular complexity index is 674. The van der Waals surface area contributed by atoms with Gasteiger partial charge in [0.25, 0.3) is 0 Å². The molecule has 2 N–H and O–H groups in total. The molecule has 1 fully saturated rings. The molecular formula is C17H21FN4O3. The zero-order valence-electron chi connectivity index (χ0n) is 14.0. The van der Waals surface area contributed by atoms with Crippen molar-refractivity contribution in [3.8, 4) is 6.07 Å². The van der Waals surface area contributed by atoms with E-state index in [1.165, 1.54) is 12.1 Å². The van der Waals surface area contributed by atoms with Crippen LogP contribution in [0.3, 0.4) is 0 Å². The largest absolute Gasteiger partial charge is 0.383 e. The first kappa shape index (κ1) is 18.7. The molecule has 25 heavy (non-hydrogen) atoms. The van der Waals surface area contributed by atoms with Crippen molar-refractivity contribution in [3.05, 3.63) is 29.6 Å². The zero-order chi connectivity index (χ0) is 18.2. The minimum Gasteiger partial charge on any atom is -0.383 e. The average Bonchev–Trinajstić information content (AvgIpc) is 2.97. The Morgan fingerprint density at radius 3 is 3.00 bits per heavy atom. The number of ether oxygens (including phenoxy) is 1. The fraction of sp³-hybridized carbons (Fsp3) is 0.471. The number of hydrogen-bond donors (Lipinski definition) is 2. The van der Waals surface area contributed by atoms with Gasteiger partial charge in [0.05, 0.1) is 18.2 Å². The van der Waals surface area contributed by atoms with Crippen LogP contribution in [0.15, 0.2) is 18.2 Å². The Balaban J connectivity index is 1.76. The molecular weight excluding hydrogens is 327 g/mol. The van der Waals surface area contributed by atoms with Gasteiger partial charge in [0.2, 0.25) is 11.8 Å². The van der Waals surface area contributed by atoms with Crippen LogP contribution in [0.4, 0.5) is 10.1 Å². The number of methoxy groups -OCH3 is 1. The molecule has 7 nitrogen and oxygen atoms in total. The van der Waals surface area contributed by atoms with Crippen molar-refractivity contribution in [1.29, 1.82) is 5.26 Å². The van der Waals surface area contributed by atoms with E-state index in [2.05, 4.69) is 10.6 Å². The molecule has 1 unspecified atom stereocenters. The van der Waals surface area contributed by atoms with Crippen molar-refractivity contribution in [2.45, 2.75) is 6.42 Å². The number of likely N-dealkylation sites (tertiary alicyclic amines) is 1. The van der Waals surface area contributed by atoms with Crippen molar-refractivity contribution in [1.82, 2.24) is 10.2 Å².